The van der Waals surface area contributed by atoms with Gasteiger partial charge >= 0.3 is 0 Å². The van der Waals surface area contributed by atoms with E-state index in [0.717, 1.165) is 32.2 Å². The van der Waals surface area contributed by atoms with Crippen molar-refractivity contribution in [3.8, 4) is 0 Å². The van der Waals surface area contributed by atoms with E-state index in [-0.39, 0.29) is 6.04 Å². The minimum Gasteiger partial charge on any atom is -0.338 e. The molecular weight excluding hydrogens is 248 g/mol. The molecule has 0 radical (unpaired) electrons. The van der Waals surface area contributed by atoms with Gasteiger partial charge in [0.15, 0.2) is 0 Å². The molecule has 1 aromatic carbocycles. The molecular formula is C17H24N2O. The van der Waals surface area contributed by atoms with Gasteiger partial charge in [0.1, 0.15) is 0 Å². The molecule has 3 rings (SSSR count). The lowest BCUT2D eigenvalue weighted by atomic mass is 9.81. The number of fused-ring (bicyclic) bond motifs is 1. The van der Waals surface area contributed by atoms with Crippen molar-refractivity contribution < 1.29 is 4.79 Å². The fourth-order valence-electron chi connectivity index (χ4n) is 3.80. The number of amides is 1. The van der Waals surface area contributed by atoms with Gasteiger partial charge in [-0.15, -0.1) is 0 Å². The number of carbonyl (C=O) groups is 1. The molecule has 3 nitrogen and oxygen atoms in total. The predicted molar refractivity (Wildman–Crippen MR) is 80.5 cm³/mol. The van der Waals surface area contributed by atoms with E-state index in [9.17, 15) is 4.79 Å². The molecule has 0 aromatic heterocycles. The number of nitrogens with two attached hydrogens (primary N) is 1. The molecule has 2 N–H and O–H groups in total. The minimum atomic E-state index is 0.279. The first-order chi connectivity index (χ1) is 9.79. The van der Waals surface area contributed by atoms with Crippen LogP contribution in [0.5, 0.6) is 0 Å². The number of hydrogen-bond donors (Lipinski definition) is 1. The van der Waals surface area contributed by atoms with Crippen LogP contribution < -0.4 is 5.73 Å². The lowest BCUT2D eigenvalue weighted by Crippen LogP contribution is -2.40. The first-order valence-electron chi connectivity index (χ1n) is 7.87. The average molecular weight is 272 g/mol. The molecule has 2 atom stereocenters. The second-order valence-electron chi connectivity index (χ2n) is 6.11. The van der Waals surface area contributed by atoms with E-state index in [1.165, 1.54) is 17.5 Å². The maximum absolute atomic E-state index is 12.6. The largest absolute Gasteiger partial charge is 0.338 e. The normalized spacial score (nSPS) is 25.6. The first-order valence-corrected chi connectivity index (χ1v) is 7.87. The molecule has 2 unspecified atom stereocenters. The van der Waals surface area contributed by atoms with E-state index in [0.29, 0.717) is 24.8 Å². The van der Waals surface area contributed by atoms with E-state index in [4.69, 9.17) is 5.73 Å². The highest BCUT2D eigenvalue weighted by Gasteiger charge is 2.30. The van der Waals surface area contributed by atoms with Gasteiger partial charge in [0.05, 0.1) is 0 Å². The second kappa shape index (κ2) is 5.96. The third-order valence-corrected chi connectivity index (χ3v) is 4.88. The number of carbonyl (C=O) groups excluding carboxylic acids is 1. The van der Waals surface area contributed by atoms with Crippen molar-refractivity contribution in [3.05, 3.63) is 35.4 Å². The summed E-state index contributed by atoms with van der Waals surface area (Å²) in [5.41, 5.74) is 8.61. The fraction of sp³-hybridized carbons (Fsp3) is 0.588. The molecule has 1 aromatic rings. The van der Waals surface area contributed by atoms with Crippen molar-refractivity contribution in [2.45, 2.75) is 50.5 Å². The standard InChI is InChI=1S/C17H24N2O/c18-12-15-8-4-10-19(15)17(20)11-14-7-3-6-13-5-1-2-9-16(13)14/h1-2,5,9,14-15H,3-4,6-8,10-12,18H2. The Labute approximate surface area is 121 Å². The van der Waals surface area contributed by atoms with Crippen LogP contribution in [0.15, 0.2) is 24.3 Å². The maximum Gasteiger partial charge on any atom is 0.223 e. The van der Waals surface area contributed by atoms with Crippen LogP contribution in [0.3, 0.4) is 0 Å². The third-order valence-electron chi connectivity index (χ3n) is 4.88. The van der Waals surface area contributed by atoms with Crippen molar-refractivity contribution >= 4 is 5.91 Å². The summed E-state index contributed by atoms with van der Waals surface area (Å²) in [6.07, 6.45) is 6.35. The van der Waals surface area contributed by atoms with Crippen LogP contribution in [0.4, 0.5) is 0 Å². The Bertz CT molecular complexity index is 486. The first kappa shape index (κ1) is 13.6. The number of likely N-dealkylation sites (tertiary alicyclic amines) is 1. The average Bonchev–Trinajstić information content (AvgIpc) is 2.96. The Kier molecular flexibility index (Phi) is 4.06. The van der Waals surface area contributed by atoms with Gasteiger partial charge in [-0.1, -0.05) is 24.3 Å². The van der Waals surface area contributed by atoms with Gasteiger partial charge in [-0.25, -0.2) is 0 Å². The monoisotopic (exact) mass is 272 g/mol. The summed E-state index contributed by atoms with van der Waals surface area (Å²) in [5, 5.41) is 0. The summed E-state index contributed by atoms with van der Waals surface area (Å²) in [6, 6.07) is 8.90. The Hall–Kier alpha value is -1.35. The van der Waals surface area contributed by atoms with Gasteiger partial charge in [0.25, 0.3) is 0 Å². The Morgan fingerprint density at radius 2 is 2.10 bits per heavy atom. The summed E-state index contributed by atoms with van der Waals surface area (Å²) >= 11 is 0. The van der Waals surface area contributed by atoms with Crippen LogP contribution >= 0.6 is 0 Å². The van der Waals surface area contributed by atoms with Crippen molar-refractivity contribution in [2.24, 2.45) is 5.73 Å². The molecule has 1 saturated heterocycles. The van der Waals surface area contributed by atoms with Gasteiger partial charge in [-0.3, -0.25) is 4.79 Å². The molecule has 0 saturated carbocycles. The van der Waals surface area contributed by atoms with Crippen LogP contribution in [-0.2, 0) is 11.2 Å². The molecule has 1 aliphatic heterocycles. The van der Waals surface area contributed by atoms with Crippen LogP contribution in [0, 0.1) is 0 Å². The third kappa shape index (κ3) is 2.59. The summed E-state index contributed by atoms with van der Waals surface area (Å²) in [7, 11) is 0. The predicted octanol–water partition coefficient (Wildman–Crippen LogP) is 2.45. The van der Waals surface area contributed by atoms with E-state index in [1.54, 1.807) is 0 Å². The number of nitrogens with zero attached hydrogens (tertiary/aromatic N) is 1. The number of rotatable bonds is 3. The van der Waals surface area contributed by atoms with Crippen molar-refractivity contribution in [3.63, 3.8) is 0 Å². The van der Waals surface area contributed by atoms with Crippen LogP contribution in [0.1, 0.15) is 49.1 Å². The number of aryl methyl sites for hydroxylation is 1. The zero-order chi connectivity index (χ0) is 13.9. The van der Waals surface area contributed by atoms with E-state index >= 15 is 0 Å². The van der Waals surface area contributed by atoms with Gasteiger partial charge in [0.2, 0.25) is 5.91 Å². The zero-order valence-corrected chi connectivity index (χ0v) is 12.1. The SMILES string of the molecule is NCC1CCCN1C(=O)CC1CCCc2ccccc21. The van der Waals surface area contributed by atoms with Gasteiger partial charge < -0.3 is 10.6 Å². The molecule has 0 spiro atoms. The molecule has 1 fully saturated rings. The molecule has 1 aliphatic carbocycles. The minimum absolute atomic E-state index is 0.279. The molecule has 1 heterocycles. The van der Waals surface area contributed by atoms with Crippen LogP contribution in [-0.4, -0.2) is 29.9 Å². The summed E-state index contributed by atoms with van der Waals surface area (Å²) in [6.45, 7) is 1.50. The van der Waals surface area contributed by atoms with Crippen LogP contribution in [0.2, 0.25) is 0 Å². The van der Waals surface area contributed by atoms with Gasteiger partial charge in [-0.05, 0) is 49.1 Å². The highest BCUT2D eigenvalue weighted by atomic mass is 16.2. The topological polar surface area (TPSA) is 46.3 Å². The molecule has 3 heteroatoms. The van der Waals surface area contributed by atoms with Crippen molar-refractivity contribution in [2.75, 3.05) is 13.1 Å². The summed E-state index contributed by atoms with van der Waals surface area (Å²) in [5.74, 6) is 0.714. The van der Waals surface area contributed by atoms with E-state index in [1.807, 2.05) is 4.90 Å². The van der Waals surface area contributed by atoms with Gasteiger partial charge in [0, 0.05) is 25.6 Å². The van der Waals surface area contributed by atoms with Gasteiger partial charge in [-0.2, -0.15) is 0 Å². The highest BCUT2D eigenvalue weighted by molar-refractivity contribution is 5.78. The van der Waals surface area contributed by atoms with Crippen LogP contribution in [0.25, 0.3) is 0 Å². The lowest BCUT2D eigenvalue weighted by molar-refractivity contribution is -0.132. The van der Waals surface area contributed by atoms with Crippen molar-refractivity contribution in [1.82, 2.24) is 4.90 Å². The molecule has 2 aliphatic rings. The Morgan fingerprint density at radius 1 is 1.25 bits per heavy atom. The highest BCUT2D eigenvalue weighted by Crippen LogP contribution is 2.34. The quantitative estimate of drug-likeness (QED) is 0.918. The van der Waals surface area contributed by atoms with Crippen molar-refractivity contribution in [1.29, 1.82) is 0 Å². The number of benzene rings is 1. The number of hydrogen-bond acceptors (Lipinski definition) is 2. The Balaban J connectivity index is 1.71. The Morgan fingerprint density at radius 3 is 2.95 bits per heavy atom. The second-order valence-corrected chi connectivity index (χ2v) is 6.11. The smallest absolute Gasteiger partial charge is 0.223 e. The van der Waals surface area contributed by atoms with E-state index < -0.39 is 0 Å². The zero-order valence-electron chi connectivity index (χ0n) is 12.1. The fourth-order valence-corrected chi connectivity index (χ4v) is 3.80. The molecule has 1 amide bonds. The van der Waals surface area contributed by atoms with E-state index in [2.05, 4.69) is 24.3 Å². The lowest BCUT2D eigenvalue weighted by Gasteiger charge is -2.29. The summed E-state index contributed by atoms with van der Waals surface area (Å²) in [4.78, 5) is 14.6. The molecule has 108 valence electrons. The maximum atomic E-state index is 12.6. The molecule has 20 heavy (non-hydrogen) atoms. The summed E-state index contributed by atoms with van der Waals surface area (Å²) < 4.78 is 0. The molecule has 0 bridgehead atoms.